The first-order valence-electron chi connectivity index (χ1n) is 6.19. The summed E-state index contributed by atoms with van der Waals surface area (Å²) in [5, 5.41) is 7.95. The van der Waals surface area contributed by atoms with Crippen LogP contribution in [0.4, 0.5) is 5.69 Å². The first-order chi connectivity index (χ1) is 8.29. The van der Waals surface area contributed by atoms with Gasteiger partial charge in [-0.2, -0.15) is 5.10 Å². The Bertz CT molecular complexity index is 555. The van der Waals surface area contributed by atoms with Gasteiger partial charge in [-0.15, -0.1) is 0 Å². The molecular formula is C14H17N3. The van der Waals surface area contributed by atoms with Gasteiger partial charge in [-0.1, -0.05) is 12.1 Å². The van der Waals surface area contributed by atoms with E-state index in [1.54, 1.807) is 0 Å². The standard InChI is InChI=1S/C14H17N3/c1-3-17-9-13(10(2)16-17)11-5-4-6-14-12(11)7-8-15-14/h4-6,9,15H,3,7-8H2,1-2H3. The van der Waals surface area contributed by atoms with Gasteiger partial charge < -0.3 is 5.32 Å². The highest BCUT2D eigenvalue weighted by atomic mass is 15.3. The molecule has 3 heteroatoms. The molecule has 2 heterocycles. The van der Waals surface area contributed by atoms with E-state index in [4.69, 9.17) is 0 Å². The molecule has 3 rings (SSSR count). The summed E-state index contributed by atoms with van der Waals surface area (Å²) in [7, 11) is 0. The predicted molar refractivity (Wildman–Crippen MR) is 70.3 cm³/mol. The van der Waals surface area contributed by atoms with Crippen LogP contribution in [0, 0.1) is 6.92 Å². The lowest BCUT2D eigenvalue weighted by Gasteiger charge is -2.06. The fraction of sp³-hybridized carbons (Fsp3) is 0.357. The van der Waals surface area contributed by atoms with Crippen LogP contribution in [0.1, 0.15) is 18.2 Å². The summed E-state index contributed by atoms with van der Waals surface area (Å²) in [5.74, 6) is 0. The highest BCUT2D eigenvalue weighted by molar-refractivity contribution is 5.76. The van der Waals surface area contributed by atoms with Crippen molar-refractivity contribution >= 4 is 5.69 Å². The molecule has 3 nitrogen and oxygen atoms in total. The Labute approximate surface area is 101 Å². The third-order valence-electron chi connectivity index (χ3n) is 3.43. The Morgan fingerprint density at radius 3 is 3.00 bits per heavy atom. The van der Waals surface area contributed by atoms with Crippen LogP contribution < -0.4 is 5.32 Å². The molecule has 0 spiro atoms. The van der Waals surface area contributed by atoms with Crippen LogP contribution >= 0.6 is 0 Å². The van der Waals surface area contributed by atoms with Crippen LogP contribution in [-0.2, 0) is 13.0 Å². The van der Waals surface area contributed by atoms with Crippen LogP contribution in [0.5, 0.6) is 0 Å². The van der Waals surface area contributed by atoms with E-state index in [-0.39, 0.29) is 0 Å². The number of rotatable bonds is 2. The van der Waals surface area contributed by atoms with Gasteiger partial charge in [0.1, 0.15) is 0 Å². The molecule has 0 bridgehead atoms. The highest BCUT2D eigenvalue weighted by Gasteiger charge is 2.17. The second kappa shape index (κ2) is 3.91. The predicted octanol–water partition coefficient (Wildman–Crippen LogP) is 2.85. The lowest BCUT2D eigenvalue weighted by atomic mass is 9.99. The fourth-order valence-electron chi connectivity index (χ4n) is 2.54. The van der Waals surface area contributed by atoms with E-state index in [1.807, 2.05) is 4.68 Å². The highest BCUT2D eigenvalue weighted by Crippen LogP contribution is 2.33. The molecule has 1 aliphatic heterocycles. The molecule has 1 N–H and O–H groups in total. The quantitative estimate of drug-likeness (QED) is 0.855. The Balaban J connectivity index is 2.15. The van der Waals surface area contributed by atoms with Crippen LogP contribution in [0.15, 0.2) is 24.4 Å². The first kappa shape index (κ1) is 10.4. The van der Waals surface area contributed by atoms with Crippen molar-refractivity contribution in [2.24, 2.45) is 0 Å². The van der Waals surface area contributed by atoms with Gasteiger partial charge in [0, 0.05) is 30.5 Å². The molecule has 0 amide bonds. The molecule has 1 aliphatic rings. The zero-order valence-electron chi connectivity index (χ0n) is 10.3. The van der Waals surface area contributed by atoms with E-state index in [0.717, 1.165) is 25.2 Å². The molecule has 0 fully saturated rings. The molecule has 0 unspecified atom stereocenters. The number of nitrogens with zero attached hydrogens (tertiary/aromatic N) is 2. The second-order valence-corrected chi connectivity index (χ2v) is 4.49. The van der Waals surface area contributed by atoms with E-state index in [2.05, 4.69) is 48.7 Å². The molecule has 0 radical (unpaired) electrons. The second-order valence-electron chi connectivity index (χ2n) is 4.49. The molecule has 2 aromatic rings. The normalized spacial score (nSPS) is 13.5. The summed E-state index contributed by atoms with van der Waals surface area (Å²) in [5.41, 5.74) is 6.45. The number of aryl methyl sites for hydroxylation is 2. The number of fused-ring (bicyclic) bond motifs is 1. The van der Waals surface area contributed by atoms with Gasteiger partial charge in [-0.25, -0.2) is 0 Å². The Kier molecular flexibility index (Phi) is 2.39. The minimum absolute atomic E-state index is 0.925. The first-order valence-corrected chi connectivity index (χ1v) is 6.19. The van der Waals surface area contributed by atoms with E-state index < -0.39 is 0 Å². The zero-order chi connectivity index (χ0) is 11.8. The van der Waals surface area contributed by atoms with Crippen molar-refractivity contribution in [1.29, 1.82) is 0 Å². The molecule has 88 valence electrons. The van der Waals surface area contributed by atoms with Crippen molar-refractivity contribution in [3.05, 3.63) is 35.7 Å². The molecule has 0 saturated heterocycles. The molecule has 0 atom stereocenters. The van der Waals surface area contributed by atoms with Gasteiger partial charge >= 0.3 is 0 Å². The van der Waals surface area contributed by atoms with Gasteiger partial charge in [0.05, 0.1) is 5.69 Å². The average Bonchev–Trinajstić information content (AvgIpc) is 2.94. The lowest BCUT2D eigenvalue weighted by molar-refractivity contribution is 0.653. The largest absolute Gasteiger partial charge is 0.384 e. The van der Waals surface area contributed by atoms with Crippen LogP contribution in [0.2, 0.25) is 0 Å². The van der Waals surface area contributed by atoms with Crippen molar-refractivity contribution in [3.63, 3.8) is 0 Å². The molecule has 17 heavy (non-hydrogen) atoms. The maximum Gasteiger partial charge on any atom is 0.0672 e. The van der Waals surface area contributed by atoms with E-state index in [1.165, 1.54) is 22.4 Å². The van der Waals surface area contributed by atoms with Gasteiger partial charge in [-0.05, 0) is 37.5 Å². The SMILES string of the molecule is CCn1cc(-c2cccc3c2CCN3)c(C)n1. The molecule has 0 aliphatic carbocycles. The van der Waals surface area contributed by atoms with Crippen molar-refractivity contribution in [3.8, 4) is 11.1 Å². The third-order valence-corrected chi connectivity index (χ3v) is 3.43. The van der Waals surface area contributed by atoms with E-state index in [0.29, 0.717) is 0 Å². The van der Waals surface area contributed by atoms with Crippen LogP contribution in [-0.4, -0.2) is 16.3 Å². The van der Waals surface area contributed by atoms with Gasteiger partial charge in [0.25, 0.3) is 0 Å². The fourth-order valence-corrected chi connectivity index (χ4v) is 2.54. The molecule has 0 saturated carbocycles. The number of hydrogen-bond donors (Lipinski definition) is 1. The summed E-state index contributed by atoms with van der Waals surface area (Å²) in [6.45, 7) is 6.18. The maximum absolute atomic E-state index is 4.53. The monoisotopic (exact) mass is 227 g/mol. The number of hydrogen-bond acceptors (Lipinski definition) is 2. The van der Waals surface area contributed by atoms with Gasteiger partial charge in [-0.3, -0.25) is 4.68 Å². The summed E-state index contributed by atoms with van der Waals surface area (Å²) < 4.78 is 2.01. The molecule has 1 aromatic heterocycles. The van der Waals surface area contributed by atoms with Crippen molar-refractivity contribution < 1.29 is 0 Å². The minimum Gasteiger partial charge on any atom is -0.384 e. The zero-order valence-corrected chi connectivity index (χ0v) is 10.3. The van der Waals surface area contributed by atoms with Crippen LogP contribution in [0.25, 0.3) is 11.1 Å². The Hall–Kier alpha value is -1.77. The Morgan fingerprint density at radius 2 is 2.24 bits per heavy atom. The summed E-state index contributed by atoms with van der Waals surface area (Å²) in [4.78, 5) is 0. The topological polar surface area (TPSA) is 29.9 Å². The third kappa shape index (κ3) is 1.62. The smallest absolute Gasteiger partial charge is 0.0672 e. The van der Waals surface area contributed by atoms with Gasteiger partial charge in [0.15, 0.2) is 0 Å². The summed E-state index contributed by atoms with van der Waals surface area (Å²) in [6, 6.07) is 6.48. The van der Waals surface area contributed by atoms with Crippen LogP contribution in [0.3, 0.4) is 0 Å². The molecule has 1 aromatic carbocycles. The summed E-state index contributed by atoms with van der Waals surface area (Å²) in [6.07, 6.45) is 3.27. The number of nitrogens with one attached hydrogen (secondary N) is 1. The number of benzene rings is 1. The van der Waals surface area contributed by atoms with E-state index in [9.17, 15) is 0 Å². The molecular weight excluding hydrogens is 210 g/mol. The van der Waals surface area contributed by atoms with Crippen molar-refractivity contribution in [1.82, 2.24) is 9.78 Å². The van der Waals surface area contributed by atoms with Crippen molar-refractivity contribution in [2.75, 3.05) is 11.9 Å². The van der Waals surface area contributed by atoms with E-state index >= 15 is 0 Å². The number of anilines is 1. The maximum atomic E-state index is 4.53. The van der Waals surface area contributed by atoms with Crippen molar-refractivity contribution in [2.45, 2.75) is 26.8 Å². The lowest BCUT2D eigenvalue weighted by Crippen LogP contribution is -1.93. The summed E-state index contributed by atoms with van der Waals surface area (Å²) >= 11 is 0. The average molecular weight is 227 g/mol. The minimum atomic E-state index is 0.925. The number of aromatic nitrogens is 2. The van der Waals surface area contributed by atoms with Gasteiger partial charge in [0.2, 0.25) is 0 Å². The Morgan fingerprint density at radius 1 is 1.35 bits per heavy atom.